The van der Waals surface area contributed by atoms with Crippen LogP contribution in [0.3, 0.4) is 0 Å². The molecular weight excluding hydrogens is 280 g/mol. The minimum atomic E-state index is -0.0920. The molecule has 0 unspecified atom stereocenters. The van der Waals surface area contributed by atoms with Gasteiger partial charge in [0, 0.05) is 29.3 Å². The number of benzene rings is 1. The van der Waals surface area contributed by atoms with E-state index in [1.165, 1.54) is 15.8 Å². The molecule has 1 aliphatic heterocycles. The van der Waals surface area contributed by atoms with E-state index in [-0.39, 0.29) is 6.10 Å². The number of aliphatic hydroxyl groups excluding tert-OH is 1. The largest absolute Gasteiger partial charge is 0.393 e. The first-order valence-corrected chi connectivity index (χ1v) is 8.76. The van der Waals surface area contributed by atoms with E-state index in [0.29, 0.717) is 11.8 Å². The molecule has 4 heteroatoms. The summed E-state index contributed by atoms with van der Waals surface area (Å²) in [6.45, 7) is 4.16. The van der Waals surface area contributed by atoms with Gasteiger partial charge in [0.05, 0.1) is 11.6 Å². The van der Waals surface area contributed by atoms with E-state index in [1.807, 2.05) is 0 Å². The predicted molar refractivity (Wildman–Crippen MR) is 88.1 cm³/mol. The van der Waals surface area contributed by atoms with E-state index in [0.717, 1.165) is 30.8 Å². The van der Waals surface area contributed by atoms with Gasteiger partial charge in [-0.15, -0.1) is 11.8 Å². The first-order chi connectivity index (χ1) is 10.2. The van der Waals surface area contributed by atoms with Gasteiger partial charge in [-0.1, -0.05) is 0 Å². The molecule has 1 saturated carbocycles. The summed E-state index contributed by atoms with van der Waals surface area (Å²) in [5.74, 6) is 2.19. The van der Waals surface area contributed by atoms with E-state index >= 15 is 0 Å². The molecule has 2 aliphatic rings. The number of thioether (sulfide) groups is 1. The standard InChI is InChI=1S/C17H20N2OS/c1-10-5-17(19-8-11-6-16(20)14(11)9-19)18-15-4-3-12(21-2)7-13(10)15/h3-5,7,11,14,16,20H,6,8-9H2,1-2H3/t11-,14+,16-/m1/s1. The second kappa shape index (κ2) is 4.89. The fraction of sp³-hybridized carbons (Fsp3) is 0.471. The fourth-order valence-corrected chi connectivity index (χ4v) is 4.14. The molecule has 3 atom stereocenters. The van der Waals surface area contributed by atoms with Gasteiger partial charge in [-0.2, -0.15) is 0 Å². The van der Waals surface area contributed by atoms with Crippen molar-refractivity contribution in [2.24, 2.45) is 11.8 Å². The molecule has 1 N–H and O–H groups in total. The smallest absolute Gasteiger partial charge is 0.129 e. The first-order valence-electron chi connectivity index (χ1n) is 7.54. The van der Waals surface area contributed by atoms with Crippen molar-refractivity contribution in [3.05, 3.63) is 29.8 Å². The first kappa shape index (κ1) is 13.4. The molecule has 0 radical (unpaired) electrons. The van der Waals surface area contributed by atoms with Gasteiger partial charge in [0.1, 0.15) is 5.82 Å². The molecule has 110 valence electrons. The zero-order valence-corrected chi connectivity index (χ0v) is 13.2. The van der Waals surface area contributed by atoms with Crippen molar-refractivity contribution in [3.8, 4) is 0 Å². The average molecular weight is 300 g/mol. The molecule has 1 aliphatic carbocycles. The van der Waals surface area contributed by atoms with Gasteiger partial charge in [0.25, 0.3) is 0 Å². The number of hydrogen-bond donors (Lipinski definition) is 1. The number of fused-ring (bicyclic) bond motifs is 2. The lowest BCUT2D eigenvalue weighted by Gasteiger charge is -2.34. The van der Waals surface area contributed by atoms with Crippen LogP contribution >= 0.6 is 11.8 Å². The van der Waals surface area contributed by atoms with Crippen molar-refractivity contribution >= 4 is 28.5 Å². The van der Waals surface area contributed by atoms with Crippen LogP contribution in [0.1, 0.15) is 12.0 Å². The zero-order valence-electron chi connectivity index (χ0n) is 12.4. The van der Waals surface area contributed by atoms with Crippen molar-refractivity contribution < 1.29 is 5.11 Å². The molecule has 0 spiro atoms. The zero-order chi connectivity index (χ0) is 14.6. The number of nitrogens with zero attached hydrogens (tertiary/aromatic N) is 2. The Balaban J connectivity index is 1.70. The maximum atomic E-state index is 9.82. The molecule has 2 heterocycles. The highest BCUT2D eigenvalue weighted by Gasteiger charge is 2.46. The lowest BCUT2D eigenvalue weighted by Crippen LogP contribution is -2.39. The minimum Gasteiger partial charge on any atom is -0.393 e. The molecule has 1 aromatic carbocycles. The Bertz CT molecular complexity index is 702. The van der Waals surface area contributed by atoms with Gasteiger partial charge in [-0.25, -0.2) is 4.98 Å². The maximum Gasteiger partial charge on any atom is 0.129 e. The average Bonchev–Trinajstić information content (AvgIpc) is 2.84. The number of hydrogen-bond acceptors (Lipinski definition) is 4. The number of rotatable bonds is 2. The second-order valence-corrected chi connectivity index (χ2v) is 7.19. The molecule has 0 bridgehead atoms. The summed E-state index contributed by atoms with van der Waals surface area (Å²) >= 11 is 1.76. The Morgan fingerprint density at radius 3 is 2.86 bits per heavy atom. The van der Waals surface area contributed by atoms with Crippen LogP contribution in [0.5, 0.6) is 0 Å². The Labute approximate surface area is 129 Å². The summed E-state index contributed by atoms with van der Waals surface area (Å²) in [7, 11) is 0. The molecule has 1 saturated heterocycles. The summed E-state index contributed by atoms with van der Waals surface area (Å²) in [5.41, 5.74) is 2.35. The van der Waals surface area contributed by atoms with Crippen LogP contribution in [-0.2, 0) is 0 Å². The van der Waals surface area contributed by atoms with Gasteiger partial charge < -0.3 is 10.0 Å². The highest BCUT2D eigenvalue weighted by Crippen LogP contribution is 2.42. The van der Waals surface area contributed by atoms with E-state index in [9.17, 15) is 5.11 Å². The van der Waals surface area contributed by atoms with Crippen LogP contribution in [0.15, 0.2) is 29.2 Å². The second-order valence-electron chi connectivity index (χ2n) is 6.31. The predicted octanol–water partition coefficient (Wildman–Crippen LogP) is 3.08. The topological polar surface area (TPSA) is 36.4 Å². The Morgan fingerprint density at radius 2 is 2.14 bits per heavy atom. The molecule has 0 amide bonds. The van der Waals surface area contributed by atoms with Crippen LogP contribution in [-0.4, -0.2) is 35.5 Å². The van der Waals surface area contributed by atoms with E-state index in [2.05, 4.69) is 42.3 Å². The van der Waals surface area contributed by atoms with Crippen molar-refractivity contribution in [2.45, 2.75) is 24.3 Å². The van der Waals surface area contributed by atoms with Gasteiger partial charge in [-0.05, 0) is 55.3 Å². The van der Waals surface area contributed by atoms with Gasteiger partial charge >= 0.3 is 0 Å². The summed E-state index contributed by atoms with van der Waals surface area (Å²) in [5, 5.41) is 11.1. The third-order valence-electron chi connectivity index (χ3n) is 5.06. The number of aromatic nitrogens is 1. The lowest BCUT2D eigenvalue weighted by atomic mass is 9.74. The Morgan fingerprint density at radius 1 is 1.29 bits per heavy atom. The minimum absolute atomic E-state index is 0.0920. The summed E-state index contributed by atoms with van der Waals surface area (Å²) in [6, 6.07) is 8.69. The van der Waals surface area contributed by atoms with Gasteiger partial charge in [0.15, 0.2) is 0 Å². The monoisotopic (exact) mass is 300 g/mol. The van der Waals surface area contributed by atoms with Gasteiger partial charge in [-0.3, -0.25) is 0 Å². The van der Waals surface area contributed by atoms with Crippen LogP contribution in [0.2, 0.25) is 0 Å². The van der Waals surface area contributed by atoms with Gasteiger partial charge in [0.2, 0.25) is 0 Å². The molecule has 21 heavy (non-hydrogen) atoms. The number of pyridine rings is 1. The highest BCUT2D eigenvalue weighted by molar-refractivity contribution is 7.98. The van der Waals surface area contributed by atoms with Crippen LogP contribution in [0.4, 0.5) is 5.82 Å². The van der Waals surface area contributed by atoms with Crippen LogP contribution in [0, 0.1) is 18.8 Å². The highest BCUT2D eigenvalue weighted by atomic mass is 32.2. The molecule has 2 aromatic rings. The quantitative estimate of drug-likeness (QED) is 0.865. The Hall–Kier alpha value is -1.26. The third-order valence-corrected chi connectivity index (χ3v) is 5.79. The Kier molecular flexibility index (Phi) is 3.12. The molecule has 3 nitrogen and oxygen atoms in total. The third kappa shape index (κ3) is 2.12. The number of aryl methyl sites for hydroxylation is 1. The lowest BCUT2D eigenvalue weighted by molar-refractivity contribution is -0.00398. The van der Waals surface area contributed by atoms with Crippen molar-refractivity contribution in [2.75, 3.05) is 24.2 Å². The summed E-state index contributed by atoms with van der Waals surface area (Å²) in [6.07, 6.45) is 2.97. The SMILES string of the molecule is CSc1ccc2nc(N3C[C@H]4C[C@@H](O)[C@H]4C3)cc(C)c2c1. The van der Waals surface area contributed by atoms with Crippen molar-refractivity contribution in [1.29, 1.82) is 0 Å². The van der Waals surface area contributed by atoms with Crippen molar-refractivity contribution in [1.82, 2.24) is 4.98 Å². The molecule has 4 rings (SSSR count). The normalized spacial score (nSPS) is 27.8. The van der Waals surface area contributed by atoms with Crippen LogP contribution < -0.4 is 4.90 Å². The van der Waals surface area contributed by atoms with Crippen LogP contribution in [0.25, 0.3) is 10.9 Å². The molecular formula is C17H20N2OS. The van der Waals surface area contributed by atoms with E-state index < -0.39 is 0 Å². The molecule has 2 fully saturated rings. The van der Waals surface area contributed by atoms with E-state index in [4.69, 9.17) is 4.98 Å². The fourth-order valence-electron chi connectivity index (χ4n) is 3.70. The molecule has 1 aromatic heterocycles. The summed E-state index contributed by atoms with van der Waals surface area (Å²) in [4.78, 5) is 8.48. The number of aliphatic hydroxyl groups is 1. The maximum absolute atomic E-state index is 9.82. The van der Waals surface area contributed by atoms with Crippen molar-refractivity contribution in [3.63, 3.8) is 0 Å². The van der Waals surface area contributed by atoms with E-state index in [1.54, 1.807) is 11.8 Å². The summed E-state index contributed by atoms with van der Waals surface area (Å²) < 4.78 is 0. The number of anilines is 1.